The molecule has 0 unspecified atom stereocenters. The lowest BCUT2D eigenvalue weighted by Gasteiger charge is -2.32. The van der Waals surface area contributed by atoms with Crippen LogP contribution in [0.5, 0.6) is 0 Å². The number of benzene rings is 5. The summed E-state index contributed by atoms with van der Waals surface area (Å²) in [6.07, 6.45) is 0. The van der Waals surface area contributed by atoms with Gasteiger partial charge in [-0.15, -0.1) is 0 Å². The zero-order valence-corrected chi connectivity index (χ0v) is 22.8. The van der Waals surface area contributed by atoms with E-state index in [1.165, 1.54) is 0 Å². The average molecular weight is 528 g/mol. The summed E-state index contributed by atoms with van der Waals surface area (Å²) in [6, 6.07) is 24.1. The van der Waals surface area contributed by atoms with Gasteiger partial charge in [0.25, 0.3) is 0 Å². The van der Waals surface area contributed by atoms with Gasteiger partial charge >= 0.3 is 7.12 Å². The van der Waals surface area contributed by atoms with Crippen molar-refractivity contribution >= 4 is 34.5 Å². The van der Waals surface area contributed by atoms with Crippen LogP contribution in [0.3, 0.4) is 0 Å². The lowest BCUT2D eigenvalue weighted by Crippen LogP contribution is -2.41. The zero-order valence-electron chi connectivity index (χ0n) is 28.8. The topological polar surface area (TPSA) is 31.6 Å². The third-order valence-electron chi connectivity index (χ3n) is 8.02. The smallest absolute Gasteiger partial charge is 0.456 e. The second-order valence-corrected chi connectivity index (χ2v) is 11.2. The third kappa shape index (κ3) is 4.16. The minimum atomic E-state index is -1.07. The minimum absolute atomic E-state index is 0.00940. The van der Waals surface area contributed by atoms with Crippen molar-refractivity contribution in [1.82, 2.24) is 0 Å². The summed E-state index contributed by atoms with van der Waals surface area (Å²) in [5.74, 6) is 0. The summed E-state index contributed by atoms with van der Waals surface area (Å²) in [6.45, 7) is 7.50. The van der Waals surface area contributed by atoms with Crippen molar-refractivity contribution < 1.29 is 22.0 Å². The maximum atomic E-state index is 9.18. The van der Waals surface area contributed by atoms with Crippen LogP contribution in [0.25, 0.3) is 55.3 Å². The molecule has 0 amide bonds. The monoisotopic (exact) mass is 528 g/mol. The molecule has 7 rings (SSSR count). The highest BCUT2D eigenvalue weighted by Gasteiger charge is 2.51. The van der Waals surface area contributed by atoms with Crippen LogP contribution in [-0.2, 0) is 9.31 Å². The van der Waals surface area contributed by atoms with Crippen LogP contribution >= 0.6 is 0 Å². The van der Waals surface area contributed by atoms with E-state index >= 15 is 0 Å². The van der Waals surface area contributed by atoms with Crippen LogP contribution in [0.15, 0.2) is 120 Å². The van der Waals surface area contributed by atoms with E-state index in [9.17, 15) is 1.37 Å². The molecule has 0 radical (unpaired) electrons. The molecule has 40 heavy (non-hydrogen) atoms. The number of rotatable bonds is 4. The molecule has 0 aliphatic carbocycles. The lowest BCUT2D eigenvalue weighted by atomic mass is 9.79. The van der Waals surface area contributed by atoms with Crippen molar-refractivity contribution in [2.75, 3.05) is 0 Å². The first-order valence-electron chi connectivity index (χ1n) is 16.4. The van der Waals surface area contributed by atoms with E-state index in [1.807, 2.05) is 100 Å². The van der Waals surface area contributed by atoms with Gasteiger partial charge in [0, 0.05) is 10.8 Å². The summed E-state index contributed by atoms with van der Waals surface area (Å²) in [7, 11) is -1.07. The fourth-order valence-corrected chi connectivity index (χ4v) is 5.12. The van der Waals surface area contributed by atoms with Crippen LogP contribution in [0.2, 0.25) is 0 Å². The van der Waals surface area contributed by atoms with Crippen molar-refractivity contribution in [1.29, 1.82) is 0 Å². The Morgan fingerprint density at radius 3 is 1.80 bits per heavy atom. The van der Waals surface area contributed by atoms with Crippen molar-refractivity contribution in [3.8, 4) is 33.4 Å². The van der Waals surface area contributed by atoms with E-state index < -0.39 is 18.3 Å². The van der Waals surface area contributed by atoms with Crippen LogP contribution in [0, 0.1) is 0 Å². The largest absolute Gasteiger partial charge is 0.494 e. The molecule has 0 spiro atoms. The first kappa shape index (κ1) is 19.0. The Hall–Kier alpha value is -4.12. The first-order chi connectivity index (χ1) is 21.8. The second-order valence-electron chi connectivity index (χ2n) is 11.2. The SMILES string of the molecule is [2H]c1c([2H])c(-c2cc(-c3ccccc3)cc(-c3ccccc3)c2)c2c(oc3c([2H])c(B4OC(C)(C)C(C)(C)O4)c([2H])c([2H])c32)c1[2H]. The van der Waals surface area contributed by atoms with Crippen molar-refractivity contribution in [3.63, 3.8) is 0 Å². The molecule has 4 heteroatoms. The molecule has 2 heterocycles. The maximum Gasteiger partial charge on any atom is 0.494 e. The molecule has 6 aromatic rings. The molecule has 0 bridgehead atoms. The fraction of sp³-hybridized carbons (Fsp3) is 0.167. The van der Waals surface area contributed by atoms with E-state index in [-0.39, 0.29) is 63.7 Å². The quantitative estimate of drug-likeness (QED) is 0.214. The van der Waals surface area contributed by atoms with Crippen LogP contribution in [-0.4, -0.2) is 18.3 Å². The molecule has 1 saturated heterocycles. The van der Waals surface area contributed by atoms with Gasteiger partial charge in [-0.2, -0.15) is 0 Å². The first-order valence-corrected chi connectivity index (χ1v) is 13.4. The third-order valence-corrected chi connectivity index (χ3v) is 8.02. The van der Waals surface area contributed by atoms with Crippen LogP contribution in [0.4, 0.5) is 0 Å². The Morgan fingerprint density at radius 2 is 1.20 bits per heavy atom. The van der Waals surface area contributed by atoms with E-state index in [2.05, 4.69) is 6.07 Å². The van der Waals surface area contributed by atoms with E-state index in [4.69, 9.17) is 20.6 Å². The van der Waals surface area contributed by atoms with Crippen LogP contribution in [0.1, 0.15) is 35.9 Å². The van der Waals surface area contributed by atoms with Gasteiger partial charge < -0.3 is 13.7 Å². The Bertz CT molecular complexity index is 2100. The molecule has 0 saturated carbocycles. The van der Waals surface area contributed by atoms with Gasteiger partial charge in [-0.05, 0) is 96.8 Å². The fourth-order valence-electron chi connectivity index (χ4n) is 5.12. The molecule has 1 fully saturated rings. The number of furan rings is 1. The lowest BCUT2D eigenvalue weighted by molar-refractivity contribution is 0.00578. The highest BCUT2D eigenvalue weighted by atomic mass is 16.7. The molecule has 196 valence electrons. The highest BCUT2D eigenvalue weighted by molar-refractivity contribution is 6.62. The van der Waals surface area contributed by atoms with Gasteiger partial charge in [0.1, 0.15) is 11.2 Å². The molecular formula is C36H31BO3. The molecule has 3 nitrogen and oxygen atoms in total. The van der Waals surface area contributed by atoms with Crippen molar-refractivity contribution in [2.45, 2.75) is 38.9 Å². The van der Waals surface area contributed by atoms with Gasteiger partial charge in [0.05, 0.1) is 19.4 Å². The van der Waals surface area contributed by atoms with E-state index in [1.54, 1.807) is 0 Å². The molecule has 1 aromatic heterocycles. The van der Waals surface area contributed by atoms with E-state index in [0.29, 0.717) is 11.1 Å². The molecule has 5 aromatic carbocycles. The highest BCUT2D eigenvalue weighted by Crippen LogP contribution is 2.40. The molecular weight excluding hydrogens is 491 g/mol. The summed E-state index contributed by atoms with van der Waals surface area (Å²) in [4.78, 5) is 0. The molecule has 1 aliphatic heterocycles. The second kappa shape index (κ2) is 9.23. The molecule has 0 N–H and O–H groups in total. The number of fused-ring (bicyclic) bond motifs is 3. The van der Waals surface area contributed by atoms with E-state index in [0.717, 1.165) is 22.3 Å². The normalized spacial score (nSPS) is 18.2. The summed E-state index contributed by atoms with van der Waals surface area (Å²) in [5, 5.41) is 0.409. The Morgan fingerprint density at radius 1 is 0.625 bits per heavy atom. The predicted octanol–water partition coefficient (Wildman–Crippen LogP) is 8.89. The zero-order chi connectivity index (χ0) is 32.7. The average Bonchev–Trinajstić information content (AvgIpc) is 3.53. The predicted molar refractivity (Wildman–Crippen MR) is 166 cm³/mol. The van der Waals surface area contributed by atoms with Gasteiger partial charge in [-0.3, -0.25) is 0 Å². The Labute approximate surface area is 243 Å². The van der Waals surface area contributed by atoms with Gasteiger partial charge in [-0.1, -0.05) is 84.8 Å². The minimum Gasteiger partial charge on any atom is -0.456 e. The van der Waals surface area contributed by atoms with Gasteiger partial charge in [-0.25, -0.2) is 0 Å². The number of hydrogen-bond acceptors (Lipinski definition) is 3. The standard InChI is InChI=1S/C36H31BO3/c1-35(2)36(3,4)40-37(39-35)29-18-19-31-33(23-29)38-32-17-11-16-30(34(31)32)28-21-26(24-12-7-5-8-13-24)20-27(22-28)25-14-9-6-10-15-25/h5-23H,1-4H3/i11D,16D,17D,18D,19D,23D. The van der Waals surface area contributed by atoms with Crippen molar-refractivity contribution in [2.24, 2.45) is 0 Å². The molecule has 1 aliphatic rings. The summed E-state index contributed by atoms with van der Waals surface area (Å²) >= 11 is 0. The summed E-state index contributed by atoms with van der Waals surface area (Å²) < 4.78 is 72.5. The van der Waals surface area contributed by atoms with Gasteiger partial charge in [0.2, 0.25) is 0 Å². The van der Waals surface area contributed by atoms with Crippen molar-refractivity contribution in [3.05, 3.63) is 115 Å². The maximum absolute atomic E-state index is 9.18. The number of hydrogen-bond donors (Lipinski definition) is 0. The Balaban J connectivity index is 1.56. The summed E-state index contributed by atoms with van der Waals surface area (Å²) in [5.41, 5.74) is 3.17. The Kier molecular flexibility index (Phi) is 4.39. The van der Waals surface area contributed by atoms with Crippen LogP contribution < -0.4 is 5.46 Å². The molecule has 0 atom stereocenters. The van der Waals surface area contributed by atoms with Gasteiger partial charge in [0.15, 0.2) is 0 Å².